The number of aliphatic hydroxyl groups excluding tert-OH is 1. The van der Waals surface area contributed by atoms with Gasteiger partial charge >= 0.3 is 0 Å². The average Bonchev–Trinajstić information content (AvgIpc) is 3.37. The summed E-state index contributed by atoms with van der Waals surface area (Å²) in [6, 6.07) is 29.2. The van der Waals surface area contributed by atoms with Crippen molar-refractivity contribution in [1.29, 1.82) is 0 Å². The molecule has 7 rings (SSSR count). The third-order valence-electron chi connectivity index (χ3n) is 9.36. The molecule has 0 fully saturated rings. The van der Waals surface area contributed by atoms with E-state index >= 15 is 0 Å². The number of carbonyl (C=O) groups excluding carboxylic acids is 1. The van der Waals surface area contributed by atoms with E-state index in [0.717, 1.165) is 58.6 Å². The summed E-state index contributed by atoms with van der Waals surface area (Å²) < 4.78 is 2.35. The van der Waals surface area contributed by atoms with Gasteiger partial charge in [-0.15, -0.1) is 23.6 Å². The SMILES string of the molecule is CCC(CC)C(=O)/C=C(\O)C(CC)CC.Cc1c2c3cc4ccccc4[c-]c3c3ncnc4ccc(c2c43)n1-c1ccccc1.[Ir]. The summed E-state index contributed by atoms with van der Waals surface area (Å²) in [4.78, 5) is 21.0. The molecule has 0 aliphatic carbocycles. The van der Waals surface area contributed by atoms with Gasteiger partial charge in [-0.1, -0.05) is 80.3 Å². The van der Waals surface area contributed by atoms with Gasteiger partial charge in [0.25, 0.3) is 0 Å². The van der Waals surface area contributed by atoms with Crippen molar-refractivity contribution in [3.05, 3.63) is 103 Å². The van der Waals surface area contributed by atoms with Gasteiger partial charge in [0.05, 0.1) is 16.8 Å². The molecule has 5 aromatic carbocycles. The van der Waals surface area contributed by atoms with E-state index in [0.29, 0.717) is 0 Å². The number of nitrogens with zero attached hydrogens (tertiary/aromatic N) is 3. The maximum Gasteiger partial charge on any atom is 0.162 e. The van der Waals surface area contributed by atoms with Crippen molar-refractivity contribution < 1.29 is 30.0 Å². The minimum Gasteiger partial charge on any atom is -0.512 e. The minimum atomic E-state index is 0. The Labute approximate surface area is 284 Å². The summed E-state index contributed by atoms with van der Waals surface area (Å²) >= 11 is 0. The normalized spacial score (nSPS) is 12.0. The standard InChI is InChI=1S/C27H16N3.C13H24O2.Ir/c1-16-24-20-13-17-7-5-6-8-18(17)14-21(20)27-25-22(28-15-29-27)11-12-23(26(24)25)30(16)19-9-3-2-4-10-19;1-5-10(6-2)12(14)9-13(15)11(7-3)8-4;/h2-13,15H,1H3;9-11,14H,5-8H2,1-4H3;/q-1;;/b;12-9-;. The molecular weight excluding hydrogens is 747 g/mol. The van der Waals surface area contributed by atoms with E-state index in [2.05, 4.69) is 95.3 Å². The van der Waals surface area contributed by atoms with Crippen molar-refractivity contribution in [2.24, 2.45) is 11.8 Å². The predicted molar refractivity (Wildman–Crippen MR) is 188 cm³/mol. The molecule has 0 saturated carbocycles. The molecule has 1 N–H and O–H groups in total. The molecule has 7 aromatic rings. The predicted octanol–water partition coefficient (Wildman–Crippen LogP) is 10.4. The van der Waals surface area contributed by atoms with E-state index in [1.165, 1.54) is 38.8 Å². The van der Waals surface area contributed by atoms with Gasteiger partial charge < -0.3 is 9.67 Å². The fraction of sp³-hybridized carbons (Fsp3) is 0.275. The molecular formula is C40H40IrN3O2-. The maximum absolute atomic E-state index is 11.7. The maximum atomic E-state index is 11.7. The monoisotopic (exact) mass is 787 g/mol. The molecule has 5 nitrogen and oxygen atoms in total. The molecule has 2 aromatic heterocycles. The number of rotatable bonds is 8. The molecule has 1 radical (unpaired) electrons. The molecule has 0 aliphatic rings. The molecule has 0 amide bonds. The third-order valence-corrected chi connectivity index (χ3v) is 9.36. The van der Waals surface area contributed by atoms with E-state index in [1.54, 1.807) is 6.33 Å². The number of aromatic nitrogens is 3. The molecule has 0 aliphatic heterocycles. The van der Waals surface area contributed by atoms with Crippen molar-refractivity contribution in [3.63, 3.8) is 0 Å². The summed E-state index contributed by atoms with van der Waals surface area (Å²) in [5.41, 5.74) is 5.53. The largest absolute Gasteiger partial charge is 0.512 e. The van der Waals surface area contributed by atoms with Gasteiger partial charge in [0.1, 0.15) is 6.33 Å². The van der Waals surface area contributed by atoms with Crippen molar-refractivity contribution in [2.75, 3.05) is 0 Å². The summed E-state index contributed by atoms with van der Waals surface area (Å²) in [7, 11) is 0. The molecule has 0 bridgehead atoms. The summed E-state index contributed by atoms with van der Waals surface area (Å²) in [5, 5.41) is 18.0. The van der Waals surface area contributed by atoms with Crippen LogP contribution in [-0.2, 0) is 24.9 Å². The van der Waals surface area contributed by atoms with Crippen LogP contribution in [0.15, 0.2) is 91.0 Å². The van der Waals surface area contributed by atoms with E-state index in [9.17, 15) is 9.90 Å². The van der Waals surface area contributed by atoms with Gasteiger partial charge in [0.15, 0.2) is 5.78 Å². The first-order chi connectivity index (χ1) is 21.9. The zero-order valence-corrected chi connectivity index (χ0v) is 29.5. The Kier molecular flexibility index (Phi) is 10.2. The Hall–Kier alpha value is -4.12. The van der Waals surface area contributed by atoms with Crippen LogP contribution in [0.4, 0.5) is 0 Å². The second kappa shape index (κ2) is 14.1. The number of ketones is 1. The molecule has 0 spiro atoms. The van der Waals surface area contributed by atoms with Crippen molar-refractivity contribution >= 4 is 60.0 Å². The fourth-order valence-electron chi connectivity index (χ4n) is 6.81. The summed E-state index contributed by atoms with van der Waals surface area (Å²) in [6.07, 6.45) is 6.58. The molecule has 237 valence electrons. The number of carbonyl (C=O) groups is 1. The van der Waals surface area contributed by atoms with Gasteiger partial charge in [-0.2, -0.15) is 0 Å². The van der Waals surface area contributed by atoms with Gasteiger partial charge in [-0.3, -0.25) is 9.78 Å². The van der Waals surface area contributed by atoms with Crippen molar-refractivity contribution in [1.82, 2.24) is 14.5 Å². The zero-order chi connectivity index (χ0) is 31.7. The van der Waals surface area contributed by atoms with Gasteiger partial charge in [-0.25, -0.2) is 4.98 Å². The molecule has 2 heterocycles. The molecule has 0 unspecified atom stereocenters. The number of aliphatic hydroxyl groups is 1. The van der Waals surface area contributed by atoms with Crippen LogP contribution < -0.4 is 0 Å². The first-order valence-electron chi connectivity index (χ1n) is 16.2. The first-order valence-corrected chi connectivity index (χ1v) is 16.2. The van der Waals surface area contributed by atoms with Crippen LogP contribution in [-0.4, -0.2) is 25.4 Å². The Morgan fingerprint density at radius 2 is 1.52 bits per heavy atom. The van der Waals surface area contributed by atoms with E-state index in [-0.39, 0.29) is 43.5 Å². The Morgan fingerprint density at radius 1 is 0.848 bits per heavy atom. The third kappa shape index (κ3) is 5.81. The molecule has 0 atom stereocenters. The van der Waals surface area contributed by atoms with E-state index in [1.807, 2.05) is 27.7 Å². The van der Waals surface area contributed by atoms with Crippen molar-refractivity contribution in [3.8, 4) is 5.69 Å². The number of hydrogen-bond donors (Lipinski definition) is 1. The average molecular weight is 787 g/mol. The van der Waals surface area contributed by atoms with Crippen molar-refractivity contribution in [2.45, 2.75) is 60.3 Å². The van der Waals surface area contributed by atoms with Crippen LogP contribution in [0.2, 0.25) is 0 Å². The molecule has 6 heteroatoms. The number of allylic oxidation sites excluding steroid dienone is 2. The topological polar surface area (TPSA) is 68.0 Å². The van der Waals surface area contributed by atoms with Gasteiger partial charge in [0, 0.05) is 65.7 Å². The summed E-state index contributed by atoms with van der Waals surface area (Å²) in [5.74, 6) is 0.547. The number of para-hydroxylation sites is 1. The van der Waals surface area contributed by atoms with Crippen LogP contribution in [0.3, 0.4) is 0 Å². The van der Waals surface area contributed by atoms with Crippen LogP contribution in [0, 0.1) is 24.8 Å². The minimum absolute atomic E-state index is 0. The second-order valence-electron chi connectivity index (χ2n) is 11.9. The van der Waals surface area contributed by atoms with Gasteiger partial charge in [0.2, 0.25) is 0 Å². The van der Waals surface area contributed by atoms with Crippen LogP contribution >= 0.6 is 0 Å². The fourth-order valence-corrected chi connectivity index (χ4v) is 6.81. The smallest absolute Gasteiger partial charge is 0.162 e. The molecule has 0 saturated heterocycles. The van der Waals surface area contributed by atoms with E-state index in [4.69, 9.17) is 4.98 Å². The zero-order valence-electron chi connectivity index (χ0n) is 27.1. The summed E-state index contributed by atoms with van der Waals surface area (Å²) in [6.45, 7) is 10.3. The number of benzene rings is 5. The van der Waals surface area contributed by atoms with Crippen LogP contribution in [0.1, 0.15) is 59.1 Å². The van der Waals surface area contributed by atoms with Gasteiger partial charge in [-0.05, 0) is 62.3 Å². The van der Waals surface area contributed by atoms with Crippen LogP contribution in [0.5, 0.6) is 0 Å². The first kappa shape index (κ1) is 33.2. The Balaban J connectivity index is 0.000000225. The van der Waals surface area contributed by atoms with E-state index < -0.39 is 0 Å². The number of aryl methyl sites for hydroxylation is 1. The Bertz CT molecular complexity index is 2160. The second-order valence-corrected chi connectivity index (χ2v) is 11.9. The number of fused-ring (bicyclic) bond motifs is 4. The Morgan fingerprint density at radius 3 is 2.22 bits per heavy atom. The number of hydrogen-bond acceptors (Lipinski definition) is 4. The molecule has 46 heavy (non-hydrogen) atoms. The van der Waals surface area contributed by atoms with Crippen LogP contribution in [0.25, 0.3) is 59.9 Å². The quantitative estimate of drug-likeness (QED) is 0.0548.